The molecule has 0 aliphatic carbocycles. The molecule has 0 atom stereocenters. The van der Waals surface area contributed by atoms with Gasteiger partial charge in [0.1, 0.15) is 5.75 Å². The zero-order valence-electron chi connectivity index (χ0n) is 10.5. The standard InChI is InChI=1S/C13H12N4O2/c1-17-6-5-11(16-17)13(18)15-10-4-3-9(8-14)7-12(10)19-2/h3-7H,1-2H3,(H,15,18). The molecule has 0 radical (unpaired) electrons. The van der Waals surface area contributed by atoms with Gasteiger partial charge < -0.3 is 10.1 Å². The van der Waals surface area contributed by atoms with Gasteiger partial charge in [0.2, 0.25) is 0 Å². The molecule has 0 saturated heterocycles. The van der Waals surface area contributed by atoms with E-state index >= 15 is 0 Å². The second-order valence-electron chi connectivity index (χ2n) is 3.86. The van der Waals surface area contributed by atoms with Gasteiger partial charge in [0.15, 0.2) is 5.69 Å². The van der Waals surface area contributed by atoms with Crippen LogP contribution in [0.2, 0.25) is 0 Å². The number of ether oxygens (including phenoxy) is 1. The Labute approximate surface area is 110 Å². The van der Waals surface area contributed by atoms with Gasteiger partial charge in [0.05, 0.1) is 24.4 Å². The Bertz CT molecular complexity index is 655. The normalized spacial score (nSPS) is 9.74. The number of nitrogens with one attached hydrogen (secondary N) is 1. The number of aryl methyl sites for hydroxylation is 1. The molecule has 6 nitrogen and oxygen atoms in total. The van der Waals surface area contributed by atoms with Gasteiger partial charge in [-0.1, -0.05) is 0 Å². The number of benzene rings is 1. The Hall–Kier alpha value is -2.81. The minimum absolute atomic E-state index is 0.314. The van der Waals surface area contributed by atoms with Crippen molar-refractivity contribution in [2.24, 2.45) is 7.05 Å². The van der Waals surface area contributed by atoms with Crippen molar-refractivity contribution in [1.82, 2.24) is 9.78 Å². The predicted molar refractivity (Wildman–Crippen MR) is 68.9 cm³/mol. The second kappa shape index (κ2) is 5.23. The highest BCUT2D eigenvalue weighted by molar-refractivity contribution is 6.03. The number of hydrogen-bond donors (Lipinski definition) is 1. The van der Waals surface area contributed by atoms with Gasteiger partial charge in [-0.25, -0.2) is 0 Å². The number of nitriles is 1. The summed E-state index contributed by atoms with van der Waals surface area (Å²) in [7, 11) is 3.21. The second-order valence-corrected chi connectivity index (χ2v) is 3.86. The van der Waals surface area contributed by atoms with Crippen molar-refractivity contribution in [2.45, 2.75) is 0 Å². The van der Waals surface area contributed by atoms with E-state index in [1.54, 1.807) is 42.2 Å². The zero-order chi connectivity index (χ0) is 13.8. The Morgan fingerprint density at radius 3 is 2.84 bits per heavy atom. The molecular formula is C13H12N4O2. The van der Waals surface area contributed by atoms with E-state index in [0.29, 0.717) is 22.7 Å². The summed E-state index contributed by atoms with van der Waals surface area (Å²) in [5.41, 5.74) is 1.28. The van der Waals surface area contributed by atoms with Gasteiger partial charge in [-0.15, -0.1) is 0 Å². The van der Waals surface area contributed by atoms with E-state index in [4.69, 9.17) is 10.00 Å². The lowest BCUT2D eigenvalue weighted by atomic mass is 10.2. The monoisotopic (exact) mass is 256 g/mol. The summed E-state index contributed by atoms with van der Waals surface area (Å²) in [5.74, 6) is 0.104. The summed E-state index contributed by atoms with van der Waals surface area (Å²) in [4.78, 5) is 11.9. The Morgan fingerprint density at radius 2 is 2.26 bits per heavy atom. The van der Waals surface area contributed by atoms with Crippen LogP contribution in [0.4, 0.5) is 5.69 Å². The van der Waals surface area contributed by atoms with Gasteiger partial charge in [0.25, 0.3) is 5.91 Å². The van der Waals surface area contributed by atoms with Crippen LogP contribution >= 0.6 is 0 Å². The summed E-state index contributed by atoms with van der Waals surface area (Å²) in [6.07, 6.45) is 1.69. The molecule has 2 aromatic rings. The highest BCUT2D eigenvalue weighted by Gasteiger charge is 2.12. The molecule has 0 unspecified atom stereocenters. The smallest absolute Gasteiger partial charge is 0.276 e. The molecule has 1 amide bonds. The molecule has 19 heavy (non-hydrogen) atoms. The van der Waals surface area contributed by atoms with E-state index in [2.05, 4.69) is 10.4 Å². The number of methoxy groups -OCH3 is 1. The van der Waals surface area contributed by atoms with Crippen LogP contribution in [0, 0.1) is 11.3 Å². The molecule has 0 aliphatic rings. The lowest BCUT2D eigenvalue weighted by Crippen LogP contribution is -2.13. The van der Waals surface area contributed by atoms with Crippen LogP contribution in [-0.4, -0.2) is 22.8 Å². The first-order valence-corrected chi connectivity index (χ1v) is 5.53. The molecule has 1 N–H and O–H groups in total. The maximum absolute atomic E-state index is 11.9. The summed E-state index contributed by atoms with van der Waals surface area (Å²) in [5, 5.41) is 15.5. The topological polar surface area (TPSA) is 79.9 Å². The van der Waals surface area contributed by atoms with E-state index in [1.165, 1.54) is 7.11 Å². The quantitative estimate of drug-likeness (QED) is 0.903. The fourth-order valence-electron chi connectivity index (χ4n) is 1.59. The molecule has 0 saturated carbocycles. The SMILES string of the molecule is COc1cc(C#N)ccc1NC(=O)c1ccn(C)n1. The first-order valence-electron chi connectivity index (χ1n) is 5.53. The van der Waals surface area contributed by atoms with Crippen molar-refractivity contribution >= 4 is 11.6 Å². The maximum Gasteiger partial charge on any atom is 0.276 e. The van der Waals surface area contributed by atoms with E-state index in [0.717, 1.165) is 0 Å². The van der Waals surface area contributed by atoms with Gasteiger partial charge in [0, 0.05) is 19.3 Å². The number of carbonyl (C=O) groups excluding carboxylic acids is 1. The van der Waals surface area contributed by atoms with Crippen LogP contribution in [0.3, 0.4) is 0 Å². The van der Waals surface area contributed by atoms with Crippen LogP contribution in [0.5, 0.6) is 5.75 Å². The maximum atomic E-state index is 11.9. The number of amides is 1. The number of aromatic nitrogens is 2. The third kappa shape index (κ3) is 2.72. The highest BCUT2D eigenvalue weighted by Crippen LogP contribution is 2.25. The number of rotatable bonds is 3. The molecule has 6 heteroatoms. The summed E-state index contributed by atoms with van der Waals surface area (Å²) in [6.45, 7) is 0. The average Bonchev–Trinajstić information content (AvgIpc) is 2.86. The van der Waals surface area contributed by atoms with Gasteiger partial charge in [-0.3, -0.25) is 9.48 Å². The molecule has 1 heterocycles. The summed E-state index contributed by atoms with van der Waals surface area (Å²) >= 11 is 0. The molecular weight excluding hydrogens is 244 g/mol. The molecule has 1 aromatic carbocycles. The van der Waals surface area contributed by atoms with Crippen molar-refractivity contribution in [3.8, 4) is 11.8 Å². The highest BCUT2D eigenvalue weighted by atomic mass is 16.5. The predicted octanol–water partition coefficient (Wildman–Crippen LogP) is 1.55. The van der Waals surface area contributed by atoms with E-state index in [-0.39, 0.29) is 5.91 Å². The van der Waals surface area contributed by atoms with Crippen LogP contribution in [-0.2, 0) is 7.05 Å². The molecule has 0 fully saturated rings. The van der Waals surface area contributed by atoms with Crippen LogP contribution in [0.15, 0.2) is 30.5 Å². The minimum atomic E-state index is -0.330. The lowest BCUT2D eigenvalue weighted by Gasteiger charge is -2.09. The summed E-state index contributed by atoms with van der Waals surface area (Å²) < 4.78 is 6.68. The lowest BCUT2D eigenvalue weighted by molar-refractivity contribution is 0.102. The van der Waals surface area contributed by atoms with Crippen molar-refractivity contribution in [1.29, 1.82) is 5.26 Å². The van der Waals surface area contributed by atoms with Crippen LogP contribution in [0.25, 0.3) is 0 Å². The van der Waals surface area contributed by atoms with Crippen molar-refractivity contribution < 1.29 is 9.53 Å². The number of carbonyl (C=O) groups is 1. The number of hydrogen-bond acceptors (Lipinski definition) is 4. The third-order valence-electron chi connectivity index (χ3n) is 2.53. The van der Waals surface area contributed by atoms with E-state index in [9.17, 15) is 4.79 Å². The van der Waals surface area contributed by atoms with E-state index in [1.807, 2.05) is 6.07 Å². The van der Waals surface area contributed by atoms with Gasteiger partial charge >= 0.3 is 0 Å². The largest absolute Gasteiger partial charge is 0.495 e. The minimum Gasteiger partial charge on any atom is -0.495 e. The van der Waals surface area contributed by atoms with Crippen molar-refractivity contribution in [3.05, 3.63) is 41.7 Å². The molecule has 2 rings (SSSR count). The average molecular weight is 256 g/mol. The zero-order valence-corrected chi connectivity index (χ0v) is 10.5. The molecule has 0 bridgehead atoms. The fraction of sp³-hybridized carbons (Fsp3) is 0.154. The third-order valence-corrected chi connectivity index (χ3v) is 2.53. The Morgan fingerprint density at radius 1 is 1.47 bits per heavy atom. The first kappa shape index (κ1) is 12.6. The Balaban J connectivity index is 2.24. The number of anilines is 1. The van der Waals surface area contributed by atoms with Crippen molar-refractivity contribution in [2.75, 3.05) is 12.4 Å². The van der Waals surface area contributed by atoms with Gasteiger partial charge in [-0.2, -0.15) is 10.4 Å². The summed E-state index contributed by atoms with van der Waals surface area (Å²) in [6, 6.07) is 8.42. The molecule has 0 aliphatic heterocycles. The van der Waals surface area contributed by atoms with E-state index < -0.39 is 0 Å². The molecule has 0 spiro atoms. The van der Waals surface area contributed by atoms with Gasteiger partial charge in [-0.05, 0) is 18.2 Å². The van der Waals surface area contributed by atoms with Crippen LogP contribution < -0.4 is 10.1 Å². The Kier molecular flexibility index (Phi) is 3.48. The fourth-order valence-corrected chi connectivity index (χ4v) is 1.59. The molecule has 1 aromatic heterocycles. The number of nitrogens with zero attached hydrogens (tertiary/aromatic N) is 3. The molecule has 96 valence electrons. The van der Waals surface area contributed by atoms with Crippen molar-refractivity contribution in [3.63, 3.8) is 0 Å². The van der Waals surface area contributed by atoms with Crippen LogP contribution in [0.1, 0.15) is 16.1 Å². The first-order chi connectivity index (χ1) is 9.13.